The van der Waals surface area contributed by atoms with Crippen LogP contribution in [0.15, 0.2) is 54.6 Å². The Morgan fingerprint density at radius 1 is 0.962 bits per heavy atom. The number of hydrogen-bond donors (Lipinski definition) is 0. The minimum absolute atomic E-state index is 0. The zero-order valence-corrected chi connectivity index (χ0v) is 20.7. The van der Waals surface area contributed by atoms with Crippen molar-refractivity contribution in [3.05, 3.63) is 54.6 Å². The van der Waals surface area contributed by atoms with Crippen molar-refractivity contribution in [3.8, 4) is 0 Å². The van der Waals surface area contributed by atoms with Crippen LogP contribution in [0.5, 0.6) is 0 Å². The first-order valence-corrected chi connectivity index (χ1v) is 12.9. The standard InChI is InChI=1S/C21H29Si.3ClH.Ti/c1-4-5-15-22(3,19-12-7-6-8-13-19)21-17(2)16-18-11-9-10-14-20(18)21;;;;/h6-14,16-18,20-21H,4-5,15H2,1-3H3;3*1H;/q;;;;+3/p-3. The second-order valence-electron chi connectivity index (χ2n) is 7.72. The third-order valence-corrected chi connectivity index (χ3v) is 13.3. The van der Waals surface area contributed by atoms with Gasteiger partial charge in [-0.25, -0.2) is 0 Å². The average molecular weight is 464 g/mol. The van der Waals surface area contributed by atoms with E-state index in [1.54, 1.807) is 5.19 Å². The molecule has 0 saturated heterocycles. The second kappa shape index (κ2) is 11.5. The van der Waals surface area contributed by atoms with Crippen LogP contribution < -0.4 is 42.4 Å². The molecule has 6 unspecified atom stereocenters. The van der Waals surface area contributed by atoms with Gasteiger partial charge in [-0.3, -0.25) is 0 Å². The van der Waals surface area contributed by atoms with Crippen LogP contribution in [-0.4, -0.2) is 8.07 Å². The van der Waals surface area contributed by atoms with E-state index in [0.717, 1.165) is 27.5 Å². The number of allylic oxidation sites excluding steroid dienone is 4. The fraction of sp³-hybridized carbons (Fsp3) is 0.524. The predicted molar refractivity (Wildman–Crippen MR) is 99.3 cm³/mol. The molecule has 1 aromatic carbocycles. The summed E-state index contributed by atoms with van der Waals surface area (Å²) in [5.41, 5.74) is 0.873. The van der Waals surface area contributed by atoms with Gasteiger partial charge in [0.2, 0.25) is 0 Å². The van der Waals surface area contributed by atoms with Crippen molar-refractivity contribution < 1.29 is 57.7 Å². The Morgan fingerprint density at radius 3 is 2.12 bits per heavy atom. The van der Waals surface area contributed by atoms with E-state index in [1.807, 2.05) is 0 Å². The van der Waals surface area contributed by atoms with Crippen LogP contribution in [0, 0.1) is 17.8 Å². The molecule has 26 heavy (non-hydrogen) atoms. The SMILES string of the molecule is CCCC[Si](C)(c1ccccc1)C1C(C)[CH]([Ti+3])C2C=CC=CC21.[Cl-].[Cl-].[Cl-]. The molecule has 6 atom stereocenters. The van der Waals surface area contributed by atoms with Gasteiger partial charge in [0.05, 0.1) is 0 Å². The summed E-state index contributed by atoms with van der Waals surface area (Å²) >= 11 is 2.49. The van der Waals surface area contributed by atoms with Gasteiger partial charge in [-0.05, 0) is 0 Å². The molecule has 0 spiro atoms. The molecule has 2 aliphatic carbocycles. The maximum atomic E-state index is 2.68. The van der Waals surface area contributed by atoms with Gasteiger partial charge in [0.25, 0.3) is 0 Å². The zero-order chi connectivity index (χ0) is 16.4. The number of unbranched alkanes of at least 4 members (excludes halogenated alkanes) is 1. The molecule has 1 saturated carbocycles. The van der Waals surface area contributed by atoms with Crippen molar-refractivity contribution in [1.29, 1.82) is 0 Å². The molecule has 0 nitrogen and oxygen atoms in total. The first kappa shape index (κ1) is 26.5. The third kappa shape index (κ3) is 4.91. The van der Waals surface area contributed by atoms with Gasteiger partial charge in [0.15, 0.2) is 0 Å². The van der Waals surface area contributed by atoms with E-state index >= 15 is 0 Å². The van der Waals surface area contributed by atoms with Gasteiger partial charge < -0.3 is 37.2 Å². The molecule has 2 aliphatic rings. The van der Waals surface area contributed by atoms with E-state index in [4.69, 9.17) is 0 Å². The second-order valence-corrected chi connectivity index (χ2v) is 13.3. The van der Waals surface area contributed by atoms with Gasteiger partial charge in [-0.15, -0.1) is 0 Å². The minimum Gasteiger partial charge on any atom is -1.00 e. The van der Waals surface area contributed by atoms with Crippen molar-refractivity contribution in [2.24, 2.45) is 17.8 Å². The van der Waals surface area contributed by atoms with E-state index in [0.29, 0.717) is 0 Å². The van der Waals surface area contributed by atoms with Crippen LogP contribution in [-0.2, 0) is 20.4 Å². The Morgan fingerprint density at radius 2 is 1.54 bits per heavy atom. The predicted octanol–water partition coefficient (Wildman–Crippen LogP) is -3.50. The summed E-state index contributed by atoms with van der Waals surface area (Å²) in [5, 5.41) is 1.68. The van der Waals surface area contributed by atoms with E-state index < -0.39 is 8.07 Å². The molecule has 0 amide bonds. The van der Waals surface area contributed by atoms with Crippen LogP contribution in [0.4, 0.5) is 0 Å². The monoisotopic (exact) mass is 462 g/mol. The molecular formula is C21H29Cl3SiTi. The summed E-state index contributed by atoms with van der Waals surface area (Å²) in [6.45, 7) is 7.56. The Labute approximate surface area is 191 Å². The maximum Gasteiger partial charge on any atom is -1.00 e. The van der Waals surface area contributed by atoms with Gasteiger partial charge >= 0.3 is 155 Å². The third-order valence-electron chi connectivity index (χ3n) is 6.40. The summed E-state index contributed by atoms with van der Waals surface area (Å²) < 4.78 is 0.809. The van der Waals surface area contributed by atoms with E-state index in [2.05, 4.69) is 95.5 Å². The van der Waals surface area contributed by atoms with Crippen LogP contribution >= 0.6 is 0 Å². The van der Waals surface area contributed by atoms with Crippen molar-refractivity contribution in [1.82, 2.24) is 0 Å². The summed E-state index contributed by atoms with van der Waals surface area (Å²) in [4.78, 5) is 0. The number of halogens is 3. The number of rotatable bonds is 5. The Hall–Kier alpha value is 0.501. The van der Waals surface area contributed by atoms with Crippen molar-refractivity contribution in [2.45, 2.75) is 49.0 Å². The smallest absolute Gasteiger partial charge is 1.00 e. The van der Waals surface area contributed by atoms with Crippen LogP contribution in [0.2, 0.25) is 22.4 Å². The first-order chi connectivity index (χ1) is 11.1. The first-order valence-electron chi connectivity index (χ1n) is 9.21. The van der Waals surface area contributed by atoms with Crippen LogP contribution in [0.25, 0.3) is 0 Å². The maximum absolute atomic E-state index is 2.68. The molecule has 5 heteroatoms. The summed E-state index contributed by atoms with van der Waals surface area (Å²) in [7, 11) is -1.51. The van der Waals surface area contributed by atoms with Crippen molar-refractivity contribution in [2.75, 3.05) is 0 Å². The van der Waals surface area contributed by atoms with Gasteiger partial charge in [0.1, 0.15) is 0 Å². The van der Waals surface area contributed by atoms with Gasteiger partial charge in [-0.1, -0.05) is 0 Å². The molecule has 0 bridgehead atoms. The van der Waals surface area contributed by atoms with Crippen molar-refractivity contribution in [3.63, 3.8) is 0 Å². The van der Waals surface area contributed by atoms with E-state index in [1.165, 1.54) is 18.9 Å². The molecule has 0 heterocycles. The fourth-order valence-corrected chi connectivity index (χ4v) is 11.9. The normalized spacial score (nSPS) is 31.0. The molecule has 0 radical (unpaired) electrons. The number of hydrogen-bond acceptors (Lipinski definition) is 0. The zero-order valence-electron chi connectivity index (χ0n) is 15.8. The summed E-state index contributed by atoms with van der Waals surface area (Å²) in [6.07, 6.45) is 12.3. The topological polar surface area (TPSA) is 0 Å². The fourth-order valence-electron chi connectivity index (χ4n) is 5.16. The molecule has 3 rings (SSSR count). The Kier molecular flexibility index (Phi) is 11.7. The molecule has 0 aliphatic heterocycles. The molecule has 0 aromatic heterocycles. The molecule has 0 N–H and O–H groups in total. The van der Waals surface area contributed by atoms with E-state index in [9.17, 15) is 0 Å². The molecule has 142 valence electrons. The minimum atomic E-state index is -1.51. The molecular weight excluding hydrogens is 435 g/mol. The Bertz CT molecular complexity index is 592. The largest absolute Gasteiger partial charge is 1.00 e. The molecule has 1 aromatic rings. The van der Waals surface area contributed by atoms with Crippen molar-refractivity contribution >= 4 is 13.3 Å². The van der Waals surface area contributed by atoms with Crippen LogP contribution in [0.3, 0.4) is 0 Å². The molecule has 1 fully saturated rings. The van der Waals surface area contributed by atoms with E-state index in [-0.39, 0.29) is 37.2 Å². The van der Waals surface area contributed by atoms with Gasteiger partial charge in [-0.2, -0.15) is 0 Å². The number of fused-ring (bicyclic) bond motifs is 1. The number of benzene rings is 1. The summed E-state index contributed by atoms with van der Waals surface area (Å²) in [6, 6.07) is 13.0. The van der Waals surface area contributed by atoms with Gasteiger partial charge in [0, 0.05) is 0 Å². The average Bonchev–Trinajstić information content (AvgIpc) is 2.85. The Balaban J connectivity index is 0.00000208. The van der Waals surface area contributed by atoms with Crippen LogP contribution in [0.1, 0.15) is 26.7 Å². The quantitative estimate of drug-likeness (QED) is 0.398. The summed E-state index contributed by atoms with van der Waals surface area (Å²) in [5.74, 6) is 2.35.